The molecule has 0 spiro atoms. The highest BCUT2D eigenvalue weighted by atomic mass is 35.5. The largest absolute Gasteiger partial charge is 0.469 e. The third-order valence-electron chi connectivity index (χ3n) is 2.91. The van der Waals surface area contributed by atoms with Crippen molar-refractivity contribution in [1.29, 1.82) is 0 Å². The summed E-state index contributed by atoms with van der Waals surface area (Å²) in [5.74, 6) is -0.428. The molecule has 0 radical (unpaired) electrons. The van der Waals surface area contributed by atoms with E-state index in [9.17, 15) is 13.2 Å². The number of carbonyl (C=O) groups excluding carboxylic acids is 1. The Morgan fingerprint density at radius 2 is 2.25 bits per heavy atom. The molecule has 1 aliphatic heterocycles. The van der Waals surface area contributed by atoms with Gasteiger partial charge in [-0.1, -0.05) is 11.6 Å². The fourth-order valence-corrected chi connectivity index (χ4v) is 2.52. The van der Waals surface area contributed by atoms with Crippen molar-refractivity contribution in [3.63, 3.8) is 0 Å². The van der Waals surface area contributed by atoms with E-state index in [0.29, 0.717) is 6.54 Å². The molecule has 0 atom stereocenters. The van der Waals surface area contributed by atoms with Gasteiger partial charge in [-0.15, -0.1) is 12.4 Å². The van der Waals surface area contributed by atoms with E-state index in [4.69, 9.17) is 0 Å². The van der Waals surface area contributed by atoms with Crippen LogP contribution in [0.4, 0.5) is 0 Å². The van der Waals surface area contributed by atoms with Crippen molar-refractivity contribution in [3.05, 3.63) is 11.6 Å². The Kier molecular flexibility index (Phi) is 8.99. The molecule has 0 unspecified atom stereocenters. The Balaban J connectivity index is 0.00000361. The number of nitrogens with zero attached hydrogens (tertiary/aromatic N) is 1. The number of rotatable bonds is 7. The molecule has 20 heavy (non-hydrogen) atoms. The maximum Gasteiger partial charge on any atom is 0.306 e. The Bertz CT molecular complexity index is 439. The van der Waals surface area contributed by atoms with E-state index in [2.05, 4.69) is 14.8 Å². The number of methoxy groups -OCH3 is 1. The zero-order valence-corrected chi connectivity index (χ0v) is 13.3. The SMILES string of the molecule is COC(=O)CCN(C)S(=O)(=O)NCC1=CCNCC1.Cl. The first-order chi connectivity index (χ1) is 8.95. The van der Waals surface area contributed by atoms with Gasteiger partial charge in [-0.05, 0) is 13.0 Å². The zero-order valence-electron chi connectivity index (χ0n) is 11.7. The van der Waals surface area contributed by atoms with Crippen LogP contribution in [0.2, 0.25) is 0 Å². The topological polar surface area (TPSA) is 87.7 Å². The first kappa shape index (κ1) is 19.3. The first-order valence-electron chi connectivity index (χ1n) is 6.12. The molecule has 0 aliphatic carbocycles. The first-order valence-corrected chi connectivity index (χ1v) is 7.56. The molecule has 0 saturated heterocycles. The Hall–Kier alpha value is -0.670. The highest BCUT2D eigenvalue weighted by Crippen LogP contribution is 2.04. The molecule has 1 heterocycles. The maximum absolute atomic E-state index is 11.9. The summed E-state index contributed by atoms with van der Waals surface area (Å²) < 4.78 is 31.9. The van der Waals surface area contributed by atoms with Gasteiger partial charge in [0, 0.05) is 26.7 Å². The van der Waals surface area contributed by atoms with Crippen LogP contribution >= 0.6 is 12.4 Å². The predicted octanol–water partition coefficient (Wildman–Crippen LogP) is -0.343. The van der Waals surface area contributed by atoms with E-state index in [0.717, 1.165) is 29.4 Å². The summed E-state index contributed by atoms with van der Waals surface area (Å²) in [6.45, 7) is 2.05. The smallest absolute Gasteiger partial charge is 0.306 e. The molecule has 1 aliphatic rings. The molecular weight excluding hydrogens is 306 g/mol. The molecule has 0 aromatic carbocycles. The Labute approximate surface area is 126 Å². The average Bonchev–Trinajstić information content (AvgIpc) is 2.43. The molecule has 0 amide bonds. The summed E-state index contributed by atoms with van der Waals surface area (Å²) in [4.78, 5) is 11.0. The summed E-state index contributed by atoms with van der Waals surface area (Å²) in [5.41, 5.74) is 1.07. The fourth-order valence-electron chi connectivity index (χ4n) is 1.60. The van der Waals surface area contributed by atoms with Gasteiger partial charge in [0.05, 0.1) is 13.5 Å². The summed E-state index contributed by atoms with van der Waals surface area (Å²) in [5, 5.41) is 3.16. The molecule has 9 heteroatoms. The second-order valence-electron chi connectivity index (χ2n) is 4.29. The lowest BCUT2D eigenvalue weighted by molar-refractivity contribution is -0.140. The van der Waals surface area contributed by atoms with Crippen molar-refractivity contribution in [1.82, 2.24) is 14.3 Å². The second-order valence-corrected chi connectivity index (χ2v) is 6.15. The molecule has 1 rings (SSSR count). The van der Waals surface area contributed by atoms with Crippen molar-refractivity contribution in [2.45, 2.75) is 12.8 Å². The summed E-state index contributed by atoms with van der Waals surface area (Å²) in [6, 6.07) is 0. The molecule has 0 fully saturated rings. The molecule has 0 aromatic rings. The minimum Gasteiger partial charge on any atom is -0.469 e. The number of carbonyl (C=O) groups is 1. The van der Waals surface area contributed by atoms with Gasteiger partial charge in [0.2, 0.25) is 0 Å². The maximum atomic E-state index is 11.9. The monoisotopic (exact) mass is 327 g/mol. The lowest BCUT2D eigenvalue weighted by atomic mass is 10.1. The lowest BCUT2D eigenvalue weighted by Crippen LogP contribution is -2.40. The van der Waals surface area contributed by atoms with Gasteiger partial charge in [-0.25, -0.2) is 0 Å². The van der Waals surface area contributed by atoms with Crippen LogP contribution in [0.25, 0.3) is 0 Å². The summed E-state index contributed by atoms with van der Waals surface area (Å²) in [7, 11) is -0.840. The van der Waals surface area contributed by atoms with Gasteiger partial charge in [-0.3, -0.25) is 4.79 Å². The van der Waals surface area contributed by atoms with Crippen LogP contribution in [0.15, 0.2) is 11.6 Å². The highest BCUT2D eigenvalue weighted by Gasteiger charge is 2.18. The Morgan fingerprint density at radius 3 is 2.80 bits per heavy atom. The number of hydrogen-bond donors (Lipinski definition) is 2. The van der Waals surface area contributed by atoms with Gasteiger partial charge >= 0.3 is 5.97 Å². The van der Waals surface area contributed by atoms with Gasteiger partial charge in [-0.2, -0.15) is 17.4 Å². The van der Waals surface area contributed by atoms with E-state index in [-0.39, 0.29) is 25.4 Å². The normalized spacial score (nSPS) is 15.4. The van der Waals surface area contributed by atoms with Crippen LogP contribution in [0.5, 0.6) is 0 Å². The number of nitrogens with one attached hydrogen (secondary N) is 2. The van der Waals surface area contributed by atoms with Gasteiger partial charge < -0.3 is 10.1 Å². The van der Waals surface area contributed by atoms with E-state index in [1.54, 1.807) is 0 Å². The minimum absolute atomic E-state index is 0. The fraction of sp³-hybridized carbons (Fsp3) is 0.727. The van der Waals surface area contributed by atoms with Crippen LogP contribution in [-0.2, 0) is 19.7 Å². The highest BCUT2D eigenvalue weighted by molar-refractivity contribution is 7.87. The van der Waals surface area contributed by atoms with Crippen molar-refractivity contribution in [2.24, 2.45) is 0 Å². The molecule has 2 N–H and O–H groups in total. The quantitative estimate of drug-likeness (QED) is 0.493. The second kappa shape index (κ2) is 9.30. The van der Waals surface area contributed by atoms with E-state index < -0.39 is 16.2 Å². The number of esters is 1. The zero-order chi connectivity index (χ0) is 14.3. The van der Waals surface area contributed by atoms with Crippen LogP contribution in [0.1, 0.15) is 12.8 Å². The van der Waals surface area contributed by atoms with Crippen LogP contribution < -0.4 is 10.0 Å². The van der Waals surface area contributed by atoms with Crippen LogP contribution in [-0.4, -0.2) is 59.0 Å². The molecule has 0 bridgehead atoms. The predicted molar refractivity (Wildman–Crippen MR) is 79.0 cm³/mol. The standard InChI is InChI=1S/C11H21N3O4S.ClH/c1-14(8-5-11(15)18-2)19(16,17)13-9-10-3-6-12-7-4-10;/h3,12-13H,4-9H2,1-2H3;1H. The van der Waals surface area contributed by atoms with Crippen LogP contribution in [0, 0.1) is 0 Å². The lowest BCUT2D eigenvalue weighted by Gasteiger charge is -2.19. The minimum atomic E-state index is -3.55. The third-order valence-corrected chi connectivity index (χ3v) is 4.42. The van der Waals surface area contributed by atoms with Crippen molar-refractivity contribution >= 4 is 28.6 Å². The van der Waals surface area contributed by atoms with Gasteiger partial charge in [0.25, 0.3) is 10.2 Å². The van der Waals surface area contributed by atoms with E-state index in [1.165, 1.54) is 14.2 Å². The van der Waals surface area contributed by atoms with Crippen molar-refractivity contribution in [3.8, 4) is 0 Å². The van der Waals surface area contributed by atoms with E-state index >= 15 is 0 Å². The third kappa shape index (κ3) is 6.67. The van der Waals surface area contributed by atoms with Crippen molar-refractivity contribution in [2.75, 3.05) is 40.3 Å². The van der Waals surface area contributed by atoms with Crippen LogP contribution in [0.3, 0.4) is 0 Å². The van der Waals surface area contributed by atoms with Gasteiger partial charge in [0.1, 0.15) is 0 Å². The number of ether oxygens (including phenoxy) is 1. The summed E-state index contributed by atoms with van der Waals surface area (Å²) in [6.07, 6.45) is 2.87. The molecule has 0 saturated carbocycles. The molecule has 0 aromatic heterocycles. The molecular formula is C11H22ClN3O4S. The van der Waals surface area contributed by atoms with E-state index in [1.807, 2.05) is 6.08 Å². The molecule has 118 valence electrons. The molecule has 7 nitrogen and oxygen atoms in total. The summed E-state index contributed by atoms with van der Waals surface area (Å²) >= 11 is 0. The number of hydrogen-bond acceptors (Lipinski definition) is 5. The Morgan fingerprint density at radius 1 is 1.55 bits per heavy atom. The number of halogens is 1. The van der Waals surface area contributed by atoms with Crippen molar-refractivity contribution < 1.29 is 17.9 Å². The van der Waals surface area contributed by atoms with Gasteiger partial charge in [0.15, 0.2) is 0 Å². The average molecular weight is 328 g/mol.